The smallest absolute Gasteiger partial charge is 0.312 e. The van der Waals surface area contributed by atoms with Gasteiger partial charge in [0.05, 0.1) is 41.2 Å². The van der Waals surface area contributed by atoms with Crippen molar-refractivity contribution in [3.63, 3.8) is 0 Å². The Kier molecular flexibility index (Phi) is 14.8. The second-order valence-corrected chi connectivity index (χ2v) is 15.3. The van der Waals surface area contributed by atoms with Crippen LogP contribution in [0.3, 0.4) is 0 Å². The molecule has 57 heavy (non-hydrogen) atoms. The van der Waals surface area contributed by atoms with Gasteiger partial charge in [0.25, 0.3) is 11.7 Å². The van der Waals surface area contributed by atoms with E-state index in [1.54, 1.807) is 39.8 Å². The molecule has 15 heteroatoms. The molecule has 0 fully saturated rings. The van der Waals surface area contributed by atoms with Gasteiger partial charge in [-0.3, -0.25) is 14.4 Å². The fourth-order valence-corrected chi connectivity index (χ4v) is 7.53. The van der Waals surface area contributed by atoms with E-state index in [-0.39, 0.29) is 57.6 Å². The predicted octanol–water partition coefficient (Wildman–Crippen LogP) is 4.62. The molecule has 0 aromatic heterocycles. The number of methoxy groups -OCH3 is 1. The molecular formula is C42H58N2O13. The number of hydrogen-bond acceptors (Lipinski definition) is 14. The van der Waals surface area contributed by atoms with Crippen LogP contribution >= 0.6 is 0 Å². The number of benzene rings is 2. The zero-order valence-electron chi connectivity index (χ0n) is 34.1. The Hall–Kier alpha value is -4.67. The van der Waals surface area contributed by atoms with Gasteiger partial charge in [0, 0.05) is 79.9 Å². The summed E-state index contributed by atoms with van der Waals surface area (Å²) in [6.07, 6.45) is 4.63. The van der Waals surface area contributed by atoms with Crippen molar-refractivity contribution in [2.45, 2.75) is 105 Å². The van der Waals surface area contributed by atoms with Crippen LogP contribution in [0.15, 0.2) is 36.1 Å². The third-order valence-corrected chi connectivity index (χ3v) is 11.2. The van der Waals surface area contributed by atoms with E-state index >= 15 is 0 Å². The Morgan fingerprint density at radius 1 is 0.947 bits per heavy atom. The number of aromatic hydroxyl groups is 3. The number of rotatable bonds is 8. The number of carbonyl (C=O) groups is 3. The molecule has 9 atom stereocenters. The lowest BCUT2D eigenvalue weighted by atomic mass is 9.78. The van der Waals surface area contributed by atoms with Gasteiger partial charge in [0.2, 0.25) is 0 Å². The molecule has 0 radical (unpaired) electrons. The number of anilines is 1. The Morgan fingerprint density at radius 3 is 2.26 bits per heavy atom. The third-order valence-electron chi connectivity index (χ3n) is 11.2. The zero-order valence-corrected chi connectivity index (χ0v) is 34.1. The second-order valence-electron chi connectivity index (χ2n) is 15.3. The quantitative estimate of drug-likeness (QED) is 0.0789. The number of aliphatic hydroxyl groups excluding tert-OH is 3. The van der Waals surface area contributed by atoms with Crippen LogP contribution in [0.4, 0.5) is 5.69 Å². The molecule has 314 valence electrons. The Bertz CT molecular complexity index is 1920. The van der Waals surface area contributed by atoms with Crippen LogP contribution in [0.1, 0.15) is 82.8 Å². The summed E-state index contributed by atoms with van der Waals surface area (Å²) in [7, 11) is 1.43. The number of amides is 1. The van der Waals surface area contributed by atoms with Crippen molar-refractivity contribution < 1.29 is 64.0 Å². The highest BCUT2D eigenvalue weighted by molar-refractivity contribution is 6.22. The maximum atomic E-state index is 14.3. The lowest BCUT2D eigenvalue weighted by molar-refractivity contribution is -0.160. The number of ketones is 1. The number of unbranched alkanes of at least 4 members (excludes halogenated alkanes) is 1. The van der Waals surface area contributed by atoms with Crippen LogP contribution < -0.4 is 15.4 Å². The van der Waals surface area contributed by atoms with Crippen LogP contribution in [-0.4, -0.2) is 98.8 Å². The van der Waals surface area contributed by atoms with Crippen LogP contribution in [0, 0.1) is 30.6 Å². The van der Waals surface area contributed by atoms with Crippen LogP contribution in [0.5, 0.6) is 23.0 Å². The molecule has 0 aliphatic carbocycles. The van der Waals surface area contributed by atoms with Crippen molar-refractivity contribution in [3.05, 3.63) is 52.8 Å². The van der Waals surface area contributed by atoms with Crippen molar-refractivity contribution in [2.24, 2.45) is 23.7 Å². The summed E-state index contributed by atoms with van der Waals surface area (Å²) >= 11 is 0. The van der Waals surface area contributed by atoms with Gasteiger partial charge in [-0.15, -0.1) is 0 Å². The van der Waals surface area contributed by atoms with Crippen LogP contribution in [-0.2, 0) is 30.3 Å². The minimum absolute atomic E-state index is 0.0144. The number of phenols is 3. The van der Waals surface area contributed by atoms with E-state index < -0.39 is 88.8 Å². The summed E-state index contributed by atoms with van der Waals surface area (Å²) in [6, 6.07) is 0. The lowest BCUT2D eigenvalue weighted by Gasteiger charge is -2.38. The topological polar surface area (TPSA) is 234 Å². The van der Waals surface area contributed by atoms with Crippen molar-refractivity contribution in [2.75, 3.05) is 25.6 Å². The highest BCUT2D eigenvalue weighted by Crippen LogP contribution is 2.55. The molecule has 0 saturated heterocycles. The van der Waals surface area contributed by atoms with Gasteiger partial charge in [0.1, 0.15) is 23.4 Å². The molecular weight excluding hydrogens is 740 g/mol. The van der Waals surface area contributed by atoms with Gasteiger partial charge in [-0.25, -0.2) is 0 Å². The second kappa shape index (κ2) is 18.7. The maximum Gasteiger partial charge on any atom is 0.312 e. The Labute approximate surface area is 333 Å². The van der Waals surface area contributed by atoms with E-state index in [0.717, 1.165) is 0 Å². The fourth-order valence-electron chi connectivity index (χ4n) is 7.53. The van der Waals surface area contributed by atoms with Gasteiger partial charge in [-0.05, 0) is 39.3 Å². The highest BCUT2D eigenvalue weighted by Gasteiger charge is 2.50. The van der Waals surface area contributed by atoms with Crippen LogP contribution in [0.25, 0.3) is 10.8 Å². The molecule has 3 aliphatic rings. The van der Waals surface area contributed by atoms with E-state index in [9.17, 15) is 45.0 Å². The molecule has 2 aromatic carbocycles. The number of Topliss-reactive ketones (excluding diaryl/α,β-unsaturated/α-hetero) is 1. The third kappa shape index (κ3) is 9.23. The largest absolute Gasteiger partial charge is 0.507 e. The number of esters is 1. The minimum Gasteiger partial charge on any atom is -0.507 e. The number of fused-ring (bicyclic) bond motifs is 14. The monoisotopic (exact) mass is 798 g/mol. The molecule has 3 aliphatic heterocycles. The predicted molar refractivity (Wildman–Crippen MR) is 212 cm³/mol. The standard InChI is InChI=1S/C42H58N2O13/c1-20-13-12-14-21(2)41(53)44-32-27(19-43-16-10-11-17-45)36(50)29-30(37(32)51)35(49)25(6)39-31(29)40(52)42(8,57-39)55-18-15-28(54-9)22(3)38(56-26(7)46)24(5)34(48)23(4)33(20)47/h12-15,18,20,22-24,28,33-34,38,43,45,47-51H,10-11,16-17,19H2,1-9H3,(H,44,53)/b13-12+,18-15+,21-14-/t20-,22+,23+,24+,28-,33-,34+,38+,42-/m0/s1. The van der Waals surface area contributed by atoms with Gasteiger partial charge in [-0.1, -0.05) is 45.9 Å². The average molecular weight is 799 g/mol. The maximum absolute atomic E-state index is 14.3. The van der Waals surface area contributed by atoms with Crippen molar-refractivity contribution in [1.29, 1.82) is 0 Å². The minimum atomic E-state index is -2.03. The molecule has 3 heterocycles. The van der Waals surface area contributed by atoms with E-state index in [1.165, 1.54) is 53.2 Å². The van der Waals surface area contributed by atoms with Gasteiger partial charge < -0.3 is 60.2 Å². The Morgan fingerprint density at radius 2 is 1.63 bits per heavy atom. The van der Waals surface area contributed by atoms with E-state index in [1.807, 2.05) is 0 Å². The Balaban J connectivity index is 1.94. The first kappa shape index (κ1) is 45.0. The van der Waals surface area contributed by atoms with Gasteiger partial charge in [0.15, 0.2) is 5.75 Å². The van der Waals surface area contributed by atoms with Crippen LogP contribution in [0.2, 0.25) is 0 Å². The number of phenolic OH excluding ortho intramolecular Hbond substituents is 3. The molecule has 8 N–H and O–H groups in total. The first-order chi connectivity index (χ1) is 26.8. The summed E-state index contributed by atoms with van der Waals surface area (Å²) in [5.74, 6) is -8.23. The van der Waals surface area contributed by atoms with E-state index in [4.69, 9.17) is 18.9 Å². The molecule has 0 unspecified atom stereocenters. The lowest BCUT2D eigenvalue weighted by Crippen LogP contribution is -2.46. The number of hydrogen-bond donors (Lipinski definition) is 8. The SMILES string of the molecule is CO[C@H]1/C=C/O[C@@]2(C)Oc3c(C)c(O)c4c(O)c(c(CNCCCCO)c(O)c4c3C2=O)NC(=O)/C(C)=C\C=C\[C@H](C)[C@H](O)[C@@H](C)[C@@H](O)[C@@H](C)[C@H](OC(C)=O)[C@@H]1C. The summed E-state index contributed by atoms with van der Waals surface area (Å²) < 4.78 is 23.5. The van der Waals surface area contributed by atoms with Crippen molar-refractivity contribution in [3.8, 4) is 23.0 Å². The summed E-state index contributed by atoms with van der Waals surface area (Å²) in [4.78, 5) is 40.3. The summed E-state index contributed by atoms with van der Waals surface area (Å²) in [6.45, 7) is 12.8. The van der Waals surface area contributed by atoms with Crippen molar-refractivity contribution >= 4 is 34.1 Å². The first-order valence-electron chi connectivity index (χ1n) is 19.2. The van der Waals surface area contributed by atoms with Gasteiger partial charge in [-0.2, -0.15) is 0 Å². The number of carbonyl (C=O) groups excluding carboxylic acids is 3. The number of aliphatic hydroxyl groups is 3. The first-order valence-corrected chi connectivity index (χ1v) is 19.2. The number of nitrogens with one attached hydrogen (secondary N) is 2. The average Bonchev–Trinajstić information content (AvgIpc) is 3.43. The zero-order chi connectivity index (χ0) is 42.5. The molecule has 0 saturated carbocycles. The number of allylic oxidation sites excluding steroid dienone is 2. The molecule has 15 nitrogen and oxygen atoms in total. The van der Waals surface area contributed by atoms with E-state index in [0.29, 0.717) is 19.4 Å². The van der Waals surface area contributed by atoms with Gasteiger partial charge >= 0.3 is 11.8 Å². The molecule has 2 aromatic rings. The number of ether oxygens (including phenoxy) is 4. The molecule has 5 rings (SSSR count). The summed E-state index contributed by atoms with van der Waals surface area (Å²) in [5, 5.41) is 72.5. The molecule has 5 bridgehead atoms. The highest BCUT2D eigenvalue weighted by atomic mass is 16.7. The fraction of sp³-hybridized carbons (Fsp3) is 0.548. The molecule has 0 spiro atoms. The molecule has 1 amide bonds. The van der Waals surface area contributed by atoms with E-state index in [2.05, 4.69) is 10.6 Å². The normalized spacial score (nSPS) is 30.6. The summed E-state index contributed by atoms with van der Waals surface area (Å²) in [5.41, 5.74) is -0.128. The van der Waals surface area contributed by atoms with Crippen molar-refractivity contribution in [1.82, 2.24) is 5.32 Å².